The van der Waals surface area contributed by atoms with E-state index in [1.54, 1.807) is 0 Å². The fraction of sp³-hybridized carbons (Fsp3) is 0.389. The van der Waals surface area contributed by atoms with Crippen molar-refractivity contribution in [1.82, 2.24) is 10.2 Å². The van der Waals surface area contributed by atoms with Crippen LogP contribution in [0.25, 0.3) is 0 Å². The number of ether oxygens (including phenoxy) is 3. The highest BCUT2D eigenvalue weighted by Crippen LogP contribution is 2.47. The molecule has 0 bridgehead atoms. The van der Waals surface area contributed by atoms with Crippen LogP contribution < -0.4 is 5.32 Å². The Hall–Kier alpha value is -3.52. The first-order valence-corrected chi connectivity index (χ1v) is 9.78. The summed E-state index contributed by atoms with van der Waals surface area (Å²) in [6.45, 7) is 5.77. The van der Waals surface area contributed by atoms with Gasteiger partial charge in [0, 0.05) is 0 Å². The number of carbonyl (C=O) groups is 7. The highest BCUT2D eigenvalue weighted by Gasteiger charge is 2.67. The van der Waals surface area contributed by atoms with Crippen LogP contribution >= 0.6 is 11.8 Å². The first-order chi connectivity index (χ1) is 15.1. The van der Waals surface area contributed by atoms with Crippen molar-refractivity contribution in [2.75, 3.05) is 19.8 Å². The number of thioether (sulfide) groups is 1. The molecule has 3 amide bonds. The molecule has 32 heavy (non-hydrogen) atoms. The lowest BCUT2D eigenvalue weighted by Crippen LogP contribution is -2.70. The van der Waals surface area contributed by atoms with Gasteiger partial charge in [0.15, 0.2) is 0 Å². The van der Waals surface area contributed by atoms with Gasteiger partial charge in [-0.1, -0.05) is 30.5 Å². The third kappa shape index (κ3) is 5.03. The quantitative estimate of drug-likeness (QED) is 0.181. The average Bonchev–Trinajstić information content (AvgIpc) is 3.02. The molecule has 0 radical (unpaired) electrons. The van der Waals surface area contributed by atoms with Crippen LogP contribution in [0.3, 0.4) is 0 Å². The molecule has 13 nitrogen and oxygen atoms in total. The molecule has 14 heteroatoms. The van der Waals surface area contributed by atoms with Crippen LogP contribution in [0.5, 0.6) is 0 Å². The molecule has 2 rings (SSSR count). The van der Waals surface area contributed by atoms with Crippen LogP contribution in [0.15, 0.2) is 25.3 Å². The second kappa shape index (κ2) is 10.2. The van der Waals surface area contributed by atoms with Gasteiger partial charge in [-0.05, 0) is 0 Å². The fourth-order valence-corrected chi connectivity index (χ4v) is 4.09. The standard InChI is InChI=1S/C18H18N2O11S/c1-3-5-29-17(28)19-8-10(22)32-14-11(12(23)20(14)13(24)15(25)26)18(30-6-4-2)7-9(21)16(27)31-18/h3-4,11,14H,1-2,5-8H2,(H,19,28)(H,25,26)/t11-,14+,18+/m0/s1. The highest BCUT2D eigenvalue weighted by atomic mass is 32.2. The molecule has 2 aliphatic rings. The number of hydrogen-bond acceptors (Lipinski definition) is 11. The number of carboxylic acids is 1. The van der Waals surface area contributed by atoms with E-state index in [2.05, 4.69) is 23.2 Å². The van der Waals surface area contributed by atoms with E-state index in [1.165, 1.54) is 12.2 Å². The normalized spacial score (nSPS) is 24.2. The van der Waals surface area contributed by atoms with Crippen LogP contribution in [0.2, 0.25) is 0 Å². The lowest BCUT2D eigenvalue weighted by molar-refractivity contribution is -0.249. The molecule has 2 fully saturated rings. The monoisotopic (exact) mass is 470 g/mol. The van der Waals surface area contributed by atoms with Gasteiger partial charge in [0.2, 0.25) is 22.6 Å². The van der Waals surface area contributed by atoms with Crippen molar-refractivity contribution in [3.8, 4) is 0 Å². The predicted molar refractivity (Wildman–Crippen MR) is 104 cm³/mol. The molecule has 0 aromatic heterocycles. The Morgan fingerprint density at radius 3 is 2.41 bits per heavy atom. The topological polar surface area (TPSA) is 183 Å². The highest BCUT2D eigenvalue weighted by molar-refractivity contribution is 8.14. The smallest absolute Gasteiger partial charge is 0.407 e. The second-order valence-electron chi connectivity index (χ2n) is 6.32. The lowest BCUT2D eigenvalue weighted by atomic mass is 9.86. The van der Waals surface area contributed by atoms with Crippen LogP contribution in [0.1, 0.15) is 6.42 Å². The van der Waals surface area contributed by atoms with E-state index in [4.69, 9.17) is 14.6 Å². The number of β-lactam (4-membered cyclic amide) rings is 1. The van der Waals surface area contributed by atoms with Crippen molar-refractivity contribution < 1.29 is 52.9 Å². The van der Waals surface area contributed by atoms with Gasteiger partial charge in [0.05, 0.1) is 19.6 Å². The number of ketones is 1. The first-order valence-electron chi connectivity index (χ1n) is 8.90. The van der Waals surface area contributed by atoms with Gasteiger partial charge in [-0.3, -0.25) is 24.1 Å². The third-order valence-electron chi connectivity index (χ3n) is 4.23. The van der Waals surface area contributed by atoms with Crippen molar-refractivity contribution in [1.29, 1.82) is 0 Å². The lowest BCUT2D eigenvalue weighted by Gasteiger charge is -2.49. The molecule has 3 atom stereocenters. The molecule has 0 aromatic carbocycles. The van der Waals surface area contributed by atoms with Gasteiger partial charge in [0.1, 0.15) is 17.9 Å². The number of esters is 1. The summed E-state index contributed by atoms with van der Waals surface area (Å²) < 4.78 is 15.0. The molecule has 172 valence electrons. The van der Waals surface area contributed by atoms with Gasteiger partial charge >= 0.3 is 23.9 Å². The maximum atomic E-state index is 12.7. The van der Waals surface area contributed by atoms with E-state index in [-0.39, 0.29) is 18.1 Å². The number of Topliss-reactive ketones (excluding diaryl/α,β-unsaturated/α-hetero) is 1. The molecular formula is C18H18N2O11S. The van der Waals surface area contributed by atoms with Crippen LogP contribution in [0, 0.1) is 5.92 Å². The summed E-state index contributed by atoms with van der Waals surface area (Å²) in [6.07, 6.45) is 0.902. The molecule has 0 aliphatic carbocycles. The number of carboxylic acid groups (broad SMARTS) is 1. The molecule has 0 saturated carbocycles. The van der Waals surface area contributed by atoms with Gasteiger partial charge in [-0.2, -0.15) is 0 Å². The Kier molecular flexibility index (Phi) is 7.88. The molecule has 2 saturated heterocycles. The summed E-state index contributed by atoms with van der Waals surface area (Å²) in [4.78, 5) is 83.3. The van der Waals surface area contributed by atoms with Crippen molar-refractivity contribution in [2.24, 2.45) is 5.92 Å². The maximum absolute atomic E-state index is 12.7. The zero-order valence-corrected chi connectivity index (χ0v) is 17.3. The van der Waals surface area contributed by atoms with Crippen LogP contribution in [-0.2, 0) is 43.0 Å². The van der Waals surface area contributed by atoms with Crippen LogP contribution in [0.4, 0.5) is 4.79 Å². The summed E-state index contributed by atoms with van der Waals surface area (Å²) in [7, 11) is 0. The first kappa shape index (κ1) is 24.7. The predicted octanol–water partition coefficient (Wildman–Crippen LogP) is -1.03. The third-order valence-corrected chi connectivity index (χ3v) is 5.36. The Morgan fingerprint density at radius 2 is 1.88 bits per heavy atom. The molecule has 0 unspecified atom stereocenters. The average molecular weight is 470 g/mol. The Labute approximate surface area is 184 Å². The SMILES string of the molecule is C=CCOC(=O)NCC(=O)S[C@@H]1[C@@H]([C@@]2(OCC=C)CC(=O)C(=O)O2)C(=O)N1C(=O)C(=O)O. The largest absolute Gasteiger partial charge is 0.474 e. The number of likely N-dealkylation sites (tertiary alicyclic amines) is 1. The Balaban J connectivity index is 2.25. The number of imide groups is 1. The number of carbonyl (C=O) groups excluding carboxylic acids is 6. The number of cyclic esters (lactones) is 1. The molecule has 0 spiro atoms. The van der Waals surface area contributed by atoms with E-state index < -0.39 is 70.8 Å². The van der Waals surface area contributed by atoms with Crippen molar-refractivity contribution in [3.63, 3.8) is 0 Å². The minimum Gasteiger partial charge on any atom is -0.474 e. The molecule has 2 heterocycles. The number of nitrogens with zero attached hydrogens (tertiary/aromatic N) is 1. The zero-order chi connectivity index (χ0) is 24.1. The van der Waals surface area contributed by atoms with E-state index in [9.17, 15) is 33.6 Å². The van der Waals surface area contributed by atoms with Crippen molar-refractivity contribution in [3.05, 3.63) is 25.3 Å². The van der Waals surface area contributed by atoms with Crippen molar-refractivity contribution in [2.45, 2.75) is 17.6 Å². The summed E-state index contributed by atoms with van der Waals surface area (Å²) in [6, 6.07) is 0. The number of aliphatic carboxylic acids is 1. The number of nitrogens with one attached hydrogen (secondary N) is 1. The molecule has 2 aliphatic heterocycles. The Morgan fingerprint density at radius 1 is 1.22 bits per heavy atom. The minimum atomic E-state index is -2.15. The summed E-state index contributed by atoms with van der Waals surface area (Å²) >= 11 is 0.322. The van der Waals surface area contributed by atoms with E-state index in [1.807, 2.05) is 0 Å². The molecular weight excluding hydrogens is 452 g/mol. The summed E-state index contributed by atoms with van der Waals surface area (Å²) in [5.74, 6) is -10.7. The van der Waals surface area contributed by atoms with Gasteiger partial charge in [-0.25, -0.2) is 14.4 Å². The zero-order valence-electron chi connectivity index (χ0n) is 16.4. The van der Waals surface area contributed by atoms with Gasteiger partial charge in [0.25, 0.3) is 0 Å². The number of hydrogen-bond donors (Lipinski definition) is 2. The maximum Gasteiger partial charge on any atom is 0.407 e. The number of amides is 3. The van der Waals surface area contributed by atoms with E-state index in [0.717, 1.165) is 0 Å². The summed E-state index contributed by atoms with van der Waals surface area (Å²) in [5.41, 5.74) is 0. The number of alkyl carbamates (subject to hydrolysis) is 1. The summed E-state index contributed by atoms with van der Waals surface area (Å²) in [5, 5.41) is 8.82. The number of rotatable bonds is 9. The second-order valence-corrected chi connectivity index (χ2v) is 7.49. The Bertz CT molecular complexity index is 883. The minimum absolute atomic E-state index is 0.115. The van der Waals surface area contributed by atoms with Gasteiger partial charge < -0.3 is 24.6 Å². The molecule has 0 aromatic rings. The van der Waals surface area contributed by atoms with E-state index in [0.29, 0.717) is 11.8 Å². The fourth-order valence-electron chi connectivity index (χ4n) is 2.90. The molecule has 2 N–H and O–H groups in total. The van der Waals surface area contributed by atoms with Crippen LogP contribution in [-0.4, -0.2) is 81.7 Å². The van der Waals surface area contributed by atoms with Gasteiger partial charge in [-0.15, -0.1) is 6.58 Å². The van der Waals surface area contributed by atoms with E-state index >= 15 is 0 Å². The van der Waals surface area contributed by atoms with Crippen molar-refractivity contribution >= 4 is 52.5 Å².